The highest BCUT2D eigenvalue weighted by Crippen LogP contribution is 2.26. The van der Waals surface area contributed by atoms with Crippen molar-refractivity contribution in [2.75, 3.05) is 20.3 Å². The minimum Gasteiger partial charge on any atom is -0.492 e. The summed E-state index contributed by atoms with van der Waals surface area (Å²) in [5.41, 5.74) is 0.247. The summed E-state index contributed by atoms with van der Waals surface area (Å²) < 4.78 is 29.5. The van der Waals surface area contributed by atoms with Crippen LogP contribution in [0.25, 0.3) is 10.8 Å². The van der Waals surface area contributed by atoms with Gasteiger partial charge in [-0.1, -0.05) is 16.4 Å². The van der Waals surface area contributed by atoms with Gasteiger partial charge < -0.3 is 14.2 Å². The molecule has 0 spiro atoms. The van der Waals surface area contributed by atoms with Gasteiger partial charge in [-0.15, -0.1) is 5.10 Å². The van der Waals surface area contributed by atoms with Crippen LogP contribution in [0.3, 0.4) is 0 Å². The van der Waals surface area contributed by atoms with Crippen molar-refractivity contribution in [2.24, 2.45) is 0 Å². The maximum Gasteiger partial charge on any atom is 0.341 e. The lowest BCUT2D eigenvalue weighted by Crippen LogP contribution is -2.05. The van der Waals surface area contributed by atoms with E-state index in [2.05, 4.69) is 40.8 Å². The molecule has 28 heavy (non-hydrogen) atoms. The van der Waals surface area contributed by atoms with Crippen LogP contribution in [0.15, 0.2) is 35.1 Å². The van der Waals surface area contributed by atoms with Crippen molar-refractivity contribution < 1.29 is 23.4 Å². The van der Waals surface area contributed by atoms with E-state index in [1.54, 1.807) is 6.07 Å². The van der Waals surface area contributed by atoms with Crippen LogP contribution in [0, 0.1) is 5.82 Å². The van der Waals surface area contributed by atoms with E-state index < -0.39 is 5.97 Å². The van der Waals surface area contributed by atoms with Crippen molar-refractivity contribution in [3.63, 3.8) is 0 Å². The fourth-order valence-electron chi connectivity index (χ4n) is 2.01. The Labute approximate surface area is 171 Å². The molecule has 3 rings (SSSR count). The van der Waals surface area contributed by atoms with Gasteiger partial charge in [0.15, 0.2) is 10.8 Å². The van der Waals surface area contributed by atoms with Crippen LogP contribution in [-0.4, -0.2) is 46.5 Å². The number of rotatable bonds is 8. The molecule has 146 valence electrons. The van der Waals surface area contributed by atoms with Crippen LogP contribution in [0.2, 0.25) is 0 Å². The number of aromatic nitrogens is 4. The molecule has 0 aliphatic heterocycles. The maximum atomic E-state index is 13.2. The molecule has 0 bridgehead atoms. The minimum atomic E-state index is -0.514. The van der Waals surface area contributed by atoms with E-state index in [9.17, 15) is 9.18 Å². The Morgan fingerprint density at radius 3 is 2.68 bits per heavy atom. The normalized spacial score (nSPS) is 10.5. The van der Waals surface area contributed by atoms with Gasteiger partial charge >= 0.3 is 5.97 Å². The first-order chi connectivity index (χ1) is 13.6. The zero-order valence-corrected chi connectivity index (χ0v) is 17.0. The lowest BCUT2D eigenvalue weighted by molar-refractivity contribution is 0.0600. The van der Waals surface area contributed by atoms with Gasteiger partial charge in [0.25, 0.3) is 5.19 Å². The number of halogens is 2. The van der Waals surface area contributed by atoms with Crippen molar-refractivity contribution in [3.8, 4) is 21.8 Å². The lowest BCUT2D eigenvalue weighted by Gasteiger charge is -2.08. The van der Waals surface area contributed by atoms with Crippen LogP contribution >= 0.6 is 27.3 Å². The Bertz CT molecular complexity index is 955. The Kier molecular flexibility index (Phi) is 6.82. The van der Waals surface area contributed by atoms with Crippen LogP contribution in [0.5, 0.6) is 10.9 Å². The molecule has 2 heterocycles. The molecule has 0 aliphatic rings. The molecule has 0 atom stereocenters. The van der Waals surface area contributed by atoms with E-state index in [-0.39, 0.29) is 11.4 Å². The highest BCUT2D eigenvalue weighted by molar-refractivity contribution is 9.10. The summed E-state index contributed by atoms with van der Waals surface area (Å²) in [5.74, 6) is -0.108. The van der Waals surface area contributed by atoms with Gasteiger partial charge in [0.2, 0.25) is 0 Å². The van der Waals surface area contributed by atoms with Crippen LogP contribution < -0.4 is 9.47 Å². The molecule has 8 nitrogen and oxygen atoms in total. The summed E-state index contributed by atoms with van der Waals surface area (Å²) in [6, 6.07) is 4.25. The second-order valence-corrected chi connectivity index (χ2v) is 7.08. The fraction of sp³-hybridized carbons (Fsp3) is 0.235. The molecule has 0 N–H and O–H groups in total. The van der Waals surface area contributed by atoms with Crippen LogP contribution in [0.1, 0.15) is 16.8 Å². The molecule has 2 aromatic heterocycles. The van der Waals surface area contributed by atoms with Gasteiger partial charge in [-0.3, -0.25) is 0 Å². The van der Waals surface area contributed by atoms with E-state index in [1.807, 2.05) is 0 Å². The Balaban J connectivity index is 1.47. The summed E-state index contributed by atoms with van der Waals surface area (Å²) >= 11 is 4.48. The van der Waals surface area contributed by atoms with Crippen molar-refractivity contribution in [1.29, 1.82) is 0 Å². The molecule has 0 fully saturated rings. The number of methoxy groups -OCH3 is 1. The van der Waals surface area contributed by atoms with Crippen molar-refractivity contribution in [1.82, 2.24) is 20.2 Å². The van der Waals surface area contributed by atoms with Gasteiger partial charge in [0.05, 0.1) is 30.4 Å². The van der Waals surface area contributed by atoms with Gasteiger partial charge in [-0.2, -0.15) is 0 Å². The summed E-state index contributed by atoms with van der Waals surface area (Å²) in [7, 11) is 1.28. The molecule has 1 aromatic carbocycles. The third kappa shape index (κ3) is 5.20. The molecular formula is C17H14BrFN4O4S. The maximum absolute atomic E-state index is 13.2. The first-order valence-electron chi connectivity index (χ1n) is 8.01. The van der Waals surface area contributed by atoms with Gasteiger partial charge in [0, 0.05) is 24.9 Å². The average Bonchev–Trinajstić information content (AvgIpc) is 3.18. The van der Waals surface area contributed by atoms with Crippen LogP contribution in [0.4, 0.5) is 4.39 Å². The van der Waals surface area contributed by atoms with E-state index >= 15 is 0 Å². The lowest BCUT2D eigenvalue weighted by atomic mass is 10.3. The van der Waals surface area contributed by atoms with E-state index in [0.29, 0.717) is 45.9 Å². The molecule has 3 aromatic rings. The zero-order valence-electron chi connectivity index (χ0n) is 14.6. The number of carbonyl (C=O) groups excluding carboxylic acids is 1. The van der Waals surface area contributed by atoms with Crippen molar-refractivity contribution in [3.05, 3.63) is 46.4 Å². The topological polar surface area (TPSA) is 96.3 Å². The van der Waals surface area contributed by atoms with E-state index in [4.69, 9.17) is 9.47 Å². The standard InChI is InChI=1S/C17H14BrFN4O4S/c1-25-16(24)10-8-20-14(21-9-10)15-22-23-17(28-15)27-6-2-5-26-13-7-11(19)3-4-12(13)18/h3-4,7-9H,2,5-6H2,1H3. The zero-order chi connectivity index (χ0) is 19.9. The summed E-state index contributed by atoms with van der Waals surface area (Å²) in [4.78, 5) is 19.5. The first-order valence-corrected chi connectivity index (χ1v) is 9.62. The Morgan fingerprint density at radius 1 is 1.18 bits per heavy atom. The third-order valence-electron chi connectivity index (χ3n) is 3.34. The Morgan fingerprint density at radius 2 is 1.93 bits per heavy atom. The number of nitrogens with zero attached hydrogens (tertiary/aromatic N) is 4. The molecule has 11 heteroatoms. The first kappa shape index (κ1) is 20.1. The molecule has 0 saturated carbocycles. The van der Waals surface area contributed by atoms with E-state index in [1.165, 1.54) is 43.0 Å². The monoisotopic (exact) mass is 468 g/mol. The average molecular weight is 469 g/mol. The number of hydrogen-bond acceptors (Lipinski definition) is 9. The smallest absolute Gasteiger partial charge is 0.341 e. The molecule has 0 amide bonds. The van der Waals surface area contributed by atoms with Crippen molar-refractivity contribution >= 4 is 33.2 Å². The predicted octanol–water partition coefficient (Wildman–Crippen LogP) is 3.53. The predicted molar refractivity (Wildman–Crippen MR) is 102 cm³/mol. The SMILES string of the molecule is COC(=O)c1cnc(-c2nnc(OCCCOc3cc(F)ccc3Br)s2)nc1. The number of hydrogen-bond donors (Lipinski definition) is 0. The molecule has 0 aliphatic carbocycles. The van der Waals surface area contributed by atoms with Gasteiger partial charge in [-0.25, -0.2) is 19.2 Å². The van der Waals surface area contributed by atoms with Gasteiger partial charge in [0.1, 0.15) is 11.6 Å². The van der Waals surface area contributed by atoms with E-state index in [0.717, 1.165) is 0 Å². The highest BCUT2D eigenvalue weighted by atomic mass is 79.9. The largest absolute Gasteiger partial charge is 0.492 e. The molecule has 0 unspecified atom stereocenters. The second kappa shape index (κ2) is 9.51. The summed E-state index contributed by atoms with van der Waals surface area (Å²) in [5, 5.41) is 8.72. The summed E-state index contributed by atoms with van der Waals surface area (Å²) in [6.45, 7) is 0.704. The Hall–Kier alpha value is -2.66. The number of ether oxygens (including phenoxy) is 3. The number of benzene rings is 1. The molecular weight excluding hydrogens is 455 g/mol. The molecule has 0 saturated heterocycles. The fourth-order valence-corrected chi connectivity index (χ4v) is 3.04. The van der Waals surface area contributed by atoms with Gasteiger partial charge in [-0.05, 0) is 28.1 Å². The number of esters is 1. The minimum absolute atomic E-state index is 0.247. The quantitative estimate of drug-likeness (QED) is 0.365. The van der Waals surface area contributed by atoms with Crippen molar-refractivity contribution in [2.45, 2.75) is 6.42 Å². The number of carbonyl (C=O) groups is 1. The highest BCUT2D eigenvalue weighted by Gasteiger charge is 2.12. The summed E-state index contributed by atoms with van der Waals surface area (Å²) in [6.07, 6.45) is 3.29. The second-order valence-electron chi connectivity index (χ2n) is 5.29. The molecule has 0 radical (unpaired) electrons. The van der Waals surface area contributed by atoms with Crippen LogP contribution in [-0.2, 0) is 4.74 Å². The third-order valence-corrected chi connectivity index (χ3v) is 4.82.